The van der Waals surface area contributed by atoms with Gasteiger partial charge >= 0.3 is 0 Å². The first kappa shape index (κ1) is 30.7. The van der Waals surface area contributed by atoms with E-state index in [1.807, 2.05) is 4.72 Å². The molecule has 1 saturated heterocycles. The normalized spacial score (nSPS) is 23.3. The van der Waals surface area contributed by atoms with Crippen LogP contribution in [0, 0.1) is 11.8 Å². The Balaban J connectivity index is 1.69. The van der Waals surface area contributed by atoms with Gasteiger partial charge in [0.1, 0.15) is 5.69 Å². The van der Waals surface area contributed by atoms with Crippen LogP contribution in [0.2, 0.25) is 5.02 Å². The number of sulfonamides is 1. The van der Waals surface area contributed by atoms with Crippen LogP contribution < -0.4 is 9.62 Å². The summed E-state index contributed by atoms with van der Waals surface area (Å²) in [5.41, 5.74) is 2.44. The fraction of sp³-hybridized carbons (Fsp3) is 0.600. The molecule has 2 aliphatic rings. The number of anilines is 1. The summed E-state index contributed by atoms with van der Waals surface area (Å²) in [6.45, 7) is 8.76. The van der Waals surface area contributed by atoms with E-state index in [1.165, 1.54) is 12.8 Å². The molecule has 1 N–H and O–H groups in total. The molecule has 5 rings (SSSR count). The molecule has 2 unspecified atom stereocenters. The van der Waals surface area contributed by atoms with Crippen molar-refractivity contribution in [1.82, 2.24) is 24.2 Å². The molecular formula is C30H41ClN6O4S. The molecule has 1 aliphatic heterocycles. The number of hydrogen-bond donors (Lipinski definition) is 1. The summed E-state index contributed by atoms with van der Waals surface area (Å²) in [6.07, 6.45) is 12.1. The topological polar surface area (TPSA) is 119 Å². The van der Waals surface area contributed by atoms with Gasteiger partial charge in [0, 0.05) is 31.0 Å². The van der Waals surface area contributed by atoms with Crippen LogP contribution in [0.3, 0.4) is 0 Å². The fourth-order valence-electron chi connectivity index (χ4n) is 6.24. The minimum absolute atomic E-state index is 0.0403. The number of hydrogen-bond acceptors (Lipinski definition) is 8. The van der Waals surface area contributed by atoms with Gasteiger partial charge in [-0.3, -0.25) is 9.78 Å². The zero-order chi connectivity index (χ0) is 30.0. The Labute approximate surface area is 253 Å². The molecule has 10 nitrogen and oxygen atoms in total. The third-order valence-corrected chi connectivity index (χ3v) is 9.33. The molecule has 0 bridgehead atoms. The van der Waals surface area contributed by atoms with E-state index in [0.29, 0.717) is 40.9 Å². The Hall–Kier alpha value is -2.76. The summed E-state index contributed by atoms with van der Waals surface area (Å²) in [5.74, 6) is 1.21. The molecule has 3 aromatic heterocycles. The van der Waals surface area contributed by atoms with Crippen molar-refractivity contribution in [3.05, 3.63) is 35.2 Å². The van der Waals surface area contributed by atoms with Crippen molar-refractivity contribution in [1.29, 1.82) is 0 Å². The van der Waals surface area contributed by atoms with Crippen LogP contribution in [0.15, 0.2) is 24.5 Å². The molecule has 1 saturated carbocycles. The lowest BCUT2D eigenvalue weighted by atomic mass is 9.83. The minimum Gasteiger partial charge on any atom is -0.374 e. The van der Waals surface area contributed by atoms with Gasteiger partial charge in [-0.2, -0.15) is 0 Å². The number of morpholine rings is 1. The number of carbonyl (C=O) groups is 1. The number of halogens is 1. The minimum atomic E-state index is -3.79. The van der Waals surface area contributed by atoms with Crippen molar-refractivity contribution in [3.63, 3.8) is 0 Å². The average molecular weight is 617 g/mol. The number of carbonyl (C=O) groups excluding carboxylic acids is 1. The Bertz CT molecular complexity index is 1540. The van der Waals surface area contributed by atoms with Gasteiger partial charge in [0.05, 0.1) is 46.8 Å². The van der Waals surface area contributed by atoms with Crippen molar-refractivity contribution in [2.75, 3.05) is 24.3 Å². The molecule has 1 aliphatic carbocycles. The van der Waals surface area contributed by atoms with E-state index < -0.39 is 15.9 Å². The summed E-state index contributed by atoms with van der Waals surface area (Å²) >= 11 is 6.35. The zero-order valence-electron chi connectivity index (χ0n) is 24.8. The third kappa shape index (κ3) is 6.89. The predicted molar refractivity (Wildman–Crippen MR) is 165 cm³/mol. The Morgan fingerprint density at radius 2 is 1.90 bits per heavy atom. The van der Waals surface area contributed by atoms with Crippen molar-refractivity contribution < 1.29 is 17.9 Å². The number of fused-ring (bicyclic) bond motifs is 1. The molecule has 0 spiro atoms. The van der Waals surface area contributed by atoms with Crippen LogP contribution in [0.5, 0.6) is 0 Å². The summed E-state index contributed by atoms with van der Waals surface area (Å²) in [5, 5.41) is 0.432. The van der Waals surface area contributed by atoms with Gasteiger partial charge in [-0.15, -0.1) is 0 Å². The van der Waals surface area contributed by atoms with Crippen molar-refractivity contribution >= 4 is 44.5 Å². The third-order valence-electron chi connectivity index (χ3n) is 8.56. The molecule has 4 heterocycles. The highest BCUT2D eigenvalue weighted by molar-refractivity contribution is 7.89. The van der Waals surface area contributed by atoms with Gasteiger partial charge in [0.25, 0.3) is 5.91 Å². The molecule has 12 heteroatoms. The van der Waals surface area contributed by atoms with E-state index in [9.17, 15) is 13.2 Å². The summed E-state index contributed by atoms with van der Waals surface area (Å²) in [4.78, 5) is 29.5. The standard InChI is InChI=1S/C30H41ClN6O4S/c1-5-6-7-26-20(3)36(12-13-41-26)30-34-24-15-25(29(38)35-42(4,39)40)33-27(22-14-23(31)17-32-16-22)28(24)37(30)18-21-10-8-19(2)9-11-21/h14-17,19-21,26H,5-13,18H2,1-4H3,(H,35,38). The number of nitrogens with zero attached hydrogens (tertiary/aromatic N) is 5. The smallest absolute Gasteiger partial charge is 0.283 e. The SMILES string of the molecule is CCCCC1OCCN(c2nc3cc(C(=O)NS(C)(=O)=O)nc(-c4cncc(Cl)c4)c3n2CC2CCC(C)CC2)C1C. The van der Waals surface area contributed by atoms with E-state index in [0.717, 1.165) is 62.3 Å². The average Bonchev–Trinajstić information content (AvgIpc) is 3.30. The maximum absolute atomic E-state index is 13.0. The lowest BCUT2D eigenvalue weighted by Gasteiger charge is -2.40. The first-order chi connectivity index (χ1) is 20.0. The number of pyridine rings is 2. The number of amides is 1. The molecule has 3 aromatic rings. The lowest BCUT2D eigenvalue weighted by Crippen LogP contribution is -2.50. The van der Waals surface area contributed by atoms with E-state index in [-0.39, 0.29) is 17.8 Å². The zero-order valence-corrected chi connectivity index (χ0v) is 26.4. The van der Waals surface area contributed by atoms with Gasteiger partial charge in [0.2, 0.25) is 16.0 Å². The van der Waals surface area contributed by atoms with Crippen LogP contribution >= 0.6 is 11.6 Å². The Kier molecular flexibility index (Phi) is 9.39. The molecule has 0 radical (unpaired) electrons. The quantitative estimate of drug-likeness (QED) is 0.337. The second kappa shape index (κ2) is 12.9. The predicted octanol–water partition coefficient (Wildman–Crippen LogP) is 5.45. The van der Waals surface area contributed by atoms with Crippen LogP contribution in [0.25, 0.3) is 22.3 Å². The first-order valence-corrected chi connectivity index (χ1v) is 17.2. The van der Waals surface area contributed by atoms with Crippen molar-refractivity contribution in [2.45, 2.75) is 84.4 Å². The van der Waals surface area contributed by atoms with E-state index >= 15 is 0 Å². The van der Waals surface area contributed by atoms with E-state index in [4.69, 9.17) is 26.3 Å². The summed E-state index contributed by atoms with van der Waals surface area (Å²) in [6, 6.07) is 3.44. The number of rotatable bonds is 9. The number of imidazole rings is 1. The molecule has 1 amide bonds. The number of aromatic nitrogens is 4. The molecule has 228 valence electrons. The monoisotopic (exact) mass is 616 g/mol. The van der Waals surface area contributed by atoms with Gasteiger partial charge in [-0.25, -0.2) is 23.1 Å². The van der Waals surface area contributed by atoms with Crippen LogP contribution in [-0.2, 0) is 21.3 Å². The molecule has 42 heavy (non-hydrogen) atoms. The second-order valence-electron chi connectivity index (χ2n) is 12.0. The largest absolute Gasteiger partial charge is 0.374 e. The van der Waals surface area contributed by atoms with Gasteiger partial charge in [-0.05, 0) is 50.2 Å². The van der Waals surface area contributed by atoms with Crippen molar-refractivity contribution in [3.8, 4) is 11.3 Å². The molecule has 0 aromatic carbocycles. The number of ether oxygens (including phenoxy) is 1. The maximum atomic E-state index is 13.0. The van der Waals surface area contributed by atoms with Gasteiger partial charge < -0.3 is 14.2 Å². The van der Waals surface area contributed by atoms with Crippen LogP contribution in [0.4, 0.5) is 5.95 Å². The lowest BCUT2D eigenvalue weighted by molar-refractivity contribution is 0.00865. The van der Waals surface area contributed by atoms with Gasteiger partial charge in [0.15, 0.2) is 0 Å². The Morgan fingerprint density at radius 1 is 1.14 bits per heavy atom. The summed E-state index contributed by atoms with van der Waals surface area (Å²) < 4.78 is 34.3. The number of nitrogens with one attached hydrogen (secondary N) is 1. The van der Waals surface area contributed by atoms with Gasteiger partial charge in [-0.1, -0.05) is 51.1 Å². The van der Waals surface area contributed by atoms with E-state index in [2.05, 4.69) is 35.2 Å². The molecule has 2 atom stereocenters. The summed E-state index contributed by atoms with van der Waals surface area (Å²) in [7, 11) is -3.79. The highest BCUT2D eigenvalue weighted by Crippen LogP contribution is 2.37. The fourth-order valence-corrected chi connectivity index (χ4v) is 6.86. The maximum Gasteiger partial charge on any atom is 0.283 e. The first-order valence-electron chi connectivity index (χ1n) is 15.0. The molecular weight excluding hydrogens is 576 g/mol. The highest BCUT2D eigenvalue weighted by atomic mass is 35.5. The highest BCUT2D eigenvalue weighted by Gasteiger charge is 2.34. The van der Waals surface area contributed by atoms with Crippen LogP contribution in [0.1, 0.15) is 76.2 Å². The number of unbranched alkanes of at least 4 members (excludes halogenated alkanes) is 1. The van der Waals surface area contributed by atoms with Crippen LogP contribution in [-0.4, -0.2) is 65.4 Å². The Morgan fingerprint density at radius 3 is 2.60 bits per heavy atom. The molecule has 2 fully saturated rings. The van der Waals surface area contributed by atoms with Crippen molar-refractivity contribution in [2.24, 2.45) is 11.8 Å². The second-order valence-corrected chi connectivity index (χ2v) is 14.1. The van der Waals surface area contributed by atoms with E-state index in [1.54, 1.807) is 24.5 Å².